The fourth-order valence-corrected chi connectivity index (χ4v) is 4.22. The summed E-state index contributed by atoms with van der Waals surface area (Å²) in [6.07, 6.45) is -8.64. The van der Waals surface area contributed by atoms with Gasteiger partial charge in [-0.2, -0.15) is 13.2 Å². The highest BCUT2D eigenvalue weighted by molar-refractivity contribution is 5.89. The van der Waals surface area contributed by atoms with Gasteiger partial charge in [-0.25, -0.2) is 9.59 Å². The van der Waals surface area contributed by atoms with Crippen LogP contribution in [-0.2, 0) is 38.1 Å². The van der Waals surface area contributed by atoms with E-state index in [-0.39, 0.29) is 12.0 Å². The molecule has 7 unspecified atom stereocenters. The Balaban J connectivity index is 1.69. The fourth-order valence-electron chi connectivity index (χ4n) is 4.22. The van der Waals surface area contributed by atoms with Crippen LogP contribution < -0.4 is 0 Å². The van der Waals surface area contributed by atoms with Gasteiger partial charge >= 0.3 is 30.1 Å². The lowest BCUT2D eigenvalue weighted by Crippen LogP contribution is -2.45. The second-order valence-corrected chi connectivity index (χ2v) is 7.45. The molecular formula is C18H19F3O8. The molecular weight excluding hydrogens is 401 g/mol. The number of hydrogen-bond donors (Lipinski definition) is 0. The van der Waals surface area contributed by atoms with Crippen LogP contribution in [0.2, 0.25) is 0 Å². The van der Waals surface area contributed by atoms with Gasteiger partial charge in [0.2, 0.25) is 0 Å². The Bertz CT molecular complexity index is 761. The van der Waals surface area contributed by atoms with E-state index in [9.17, 15) is 32.3 Å². The maximum Gasteiger partial charge on any atom is 0.425 e. The molecule has 0 aromatic carbocycles. The number of esters is 4. The van der Waals surface area contributed by atoms with Crippen molar-refractivity contribution >= 4 is 23.9 Å². The smallest absolute Gasteiger partial charge is 0.425 e. The Morgan fingerprint density at radius 1 is 1.28 bits per heavy atom. The highest BCUT2D eigenvalue weighted by Gasteiger charge is 2.70. The normalized spacial score (nSPS) is 33.1. The van der Waals surface area contributed by atoms with Gasteiger partial charge in [0.05, 0.1) is 11.8 Å². The molecule has 2 bridgehead atoms. The quantitative estimate of drug-likeness (QED) is 0.360. The van der Waals surface area contributed by atoms with E-state index >= 15 is 0 Å². The van der Waals surface area contributed by atoms with E-state index in [1.165, 1.54) is 6.92 Å². The van der Waals surface area contributed by atoms with Crippen molar-refractivity contribution in [2.75, 3.05) is 6.61 Å². The molecule has 3 aliphatic rings. The minimum atomic E-state index is -4.75. The second kappa shape index (κ2) is 7.34. The molecule has 160 valence electrons. The summed E-state index contributed by atoms with van der Waals surface area (Å²) in [4.78, 5) is 47.9. The Morgan fingerprint density at radius 3 is 2.52 bits per heavy atom. The molecule has 29 heavy (non-hydrogen) atoms. The minimum Gasteiger partial charge on any atom is -0.458 e. The number of hydrogen-bond acceptors (Lipinski definition) is 8. The van der Waals surface area contributed by atoms with E-state index in [1.807, 2.05) is 0 Å². The summed E-state index contributed by atoms with van der Waals surface area (Å²) in [5.74, 6) is -6.95. The summed E-state index contributed by atoms with van der Waals surface area (Å²) in [5, 5.41) is 0. The summed E-state index contributed by atoms with van der Waals surface area (Å²) in [6, 6.07) is 0. The molecule has 2 aliphatic carbocycles. The summed E-state index contributed by atoms with van der Waals surface area (Å²) in [5.41, 5.74) is 0.0758. The standard InChI is InChI=1S/C18H19F3O8/c1-6(2)15(23)26-5-10(22)28-13-8-4-9-12(17(25)29-14(9)13)11(8)16(24)27-7(3)18(19,20)21/h7-9,11-14H,1,4-5H2,2-3H3. The first kappa shape index (κ1) is 21.1. The van der Waals surface area contributed by atoms with Crippen LogP contribution in [0.15, 0.2) is 12.2 Å². The van der Waals surface area contributed by atoms with Gasteiger partial charge in [0.15, 0.2) is 12.7 Å². The van der Waals surface area contributed by atoms with Crippen molar-refractivity contribution in [2.24, 2.45) is 23.7 Å². The molecule has 0 aromatic rings. The summed E-state index contributed by atoms with van der Waals surface area (Å²) >= 11 is 0. The molecule has 1 saturated heterocycles. The zero-order valence-electron chi connectivity index (χ0n) is 15.6. The third-order valence-corrected chi connectivity index (χ3v) is 5.51. The van der Waals surface area contributed by atoms with Gasteiger partial charge in [0, 0.05) is 17.4 Å². The molecule has 3 rings (SSSR count). The summed E-state index contributed by atoms with van der Waals surface area (Å²) in [6.45, 7) is 4.72. The Labute approximate surface area is 163 Å². The molecule has 1 aliphatic heterocycles. The zero-order valence-corrected chi connectivity index (χ0v) is 15.6. The number of carbonyl (C=O) groups is 4. The van der Waals surface area contributed by atoms with Crippen molar-refractivity contribution in [3.63, 3.8) is 0 Å². The predicted octanol–water partition coefficient (Wildman–Crippen LogP) is 1.32. The molecule has 1 heterocycles. The lowest BCUT2D eigenvalue weighted by Gasteiger charge is -2.31. The first-order valence-electron chi connectivity index (χ1n) is 8.91. The third-order valence-electron chi connectivity index (χ3n) is 5.51. The Kier molecular flexibility index (Phi) is 5.35. The lowest BCUT2D eigenvalue weighted by molar-refractivity contribution is -0.220. The molecule has 11 heteroatoms. The van der Waals surface area contributed by atoms with Crippen LogP contribution in [0, 0.1) is 23.7 Å². The monoisotopic (exact) mass is 420 g/mol. The molecule has 8 nitrogen and oxygen atoms in total. The van der Waals surface area contributed by atoms with Crippen LogP contribution in [0.25, 0.3) is 0 Å². The van der Waals surface area contributed by atoms with Crippen LogP contribution in [0.1, 0.15) is 20.3 Å². The van der Waals surface area contributed by atoms with Gasteiger partial charge in [0.1, 0.15) is 12.2 Å². The maximum atomic E-state index is 12.7. The van der Waals surface area contributed by atoms with Crippen molar-refractivity contribution in [1.82, 2.24) is 0 Å². The first-order chi connectivity index (χ1) is 13.4. The fraction of sp³-hybridized carbons (Fsp3) is 0.667. The average molecular weight is 420 g/mol. The number of ether oxygens (including phenoxy) is 4. The van der Waals surface area contributed by atoms with Crippen molar-refractivity contribution in [3.05, 3.63) is 12.2 Å². The van der Waals surface area contributed by atoms with Crippen molar-refractivity contribution < 1.29 is 51.3 Å². The number of halogens is 3. The topological polar surface area (TPSA) is 105 Å². The second-order valence-electron chi connectivity index (χ2n) is 7.45. The van der Waals surface area contributed by atoms with E-state index in [4.69, 9.17) is 9.47 Å². The third kappa shape index (κ3) is 3.82. The number of alkyl halides is 3. The summed E-state index contributed by atoms with van der Waals surface area (Å²) in [7, 11) is 0. The molecule has 0 spiro atoms. The molecule has 0 amide bonds. The first-order valence-corrected chi connectivity index (χ1v) is 8.91. The number of rotatable bonds is 6. The van der Waals surface area contributed by atoms with E-state index in [0.717, 1.165) is 0 Å². The van der Waals surface area contributed by atoms with Crippen molar-refractivity contribution in [3.8, 4) is 0 Å². The summed E-state index contributed by atoms with van der Waals surface area (Å²) < 4.78 is 57.8. The van der Waals surface area contributed by atoms with Gasteiger partial charge < -0.3 is 18.9 Å². The van der Waals surface area contributed by atoms with E-state index < -0.39 is 78.6 Å². The highest BCUT2D eigenvalue weighted by atomic mass is 19.4. The largest absolute Gasteiger partial charge is 0.458 e. The van der Waals surface area contributed by atoms with Crippen LogP contribution in [-0.4, -0.2) is 55.0 Å². The molecule has 0 radical (unpaired) electrons. The van der Waals surface area contributed by atoms with E-state index in [0.29, 0.717) is 6.92 Å². The Morgan fingerprint density at radius 2 is 1.93 bits per heavy atom. The van der Waals surface area contributed by atoms with Gasteiger partial charge in [-0.3, -0.25) is 9.59 Å². The molecule has 0 N–H and O–H groups in total. The Hall–Kier alpha value is -2.59. The van der Waals surface area contributed by atoms with Crippen LogP contribution in [0.4, 0.5) is 13.2 Å². The molecule has 0 aromatic heterocycles. The van der Waals surface area contributed by atoms with Crippen molar-refractivity contribution in [2.45, 2.75) is 44.8 Å². The maximum absolute atomic E-state index is 12.7. The predicted molar refractivity (Wildman–Crippen MR) is 85.7 cm³/mol. The number of carbonyl (C=O) groups excluding carboxylic acids is 4. The molecule has 7 atom stereocenters. The van der Waals surface area contributed by atoms with Crippen LogP contribution in [0.3, 0.4) is 0 Å². The van der Waals surface area contributed by atoms with Crippen LogP contribution >= 0.6 is 0 Å². The van der Waals surface area contributed by atoms with E-state index in [1.54, 1.807) is 0 Å². The van der Waals surface area contributed by atoms with Crippen LogP contribution in [0.5, 0.6) is 0 Å². The molecule has 2 saturated carbocycles. The SMILES string of the molecule is C=C(C)C(=O)OCC(=O)OC1C2CC3C1OC(=O)C3C2C(=O)OC(C)C(F)(F)F. The van der Waals surface area contributed by atoms with Gasteiger partial charge in [-0.1, -0.05) is 6.58 Å². The average Bonchev–Trinajstić information content (AvgIpc) is 3.22. The van der Waals surface area contributed by atoms with Crippen molar-refractivity contribution in [1.29, 1.82) is 0 Å². The van der Waals surface area contributed by atoms with Gasteiger partial charge in [-0.15, -0.1) is 0 Å². The minimum absolute atomic E-state index is 0.0758. The molecule has 3 fully saturated rings. The van der Waals surface area contributed by atoms with Gasteiger partial charge in [0.25, 0.3) is 0 Å². The van der Waals surface area contributed by atoms with E-state index in [2.05, 4.69) is 16.1 Å². The lowest BCUT2D eigenvalue weighted by atomic mass is 9.78. The van der Waals surface area contributed by atoms with Gasteiger partial charge in [-0.05, 0) is 20.3 Å². The zero-order chi connectivity index (χ0) is 21.7. The number of fused-ring (bicyclic) bond motifs is 1. The highest BCUT2D eigenvalue weighted by Crippen LogP contribution is 2.59.